The van der Waals surface area contributed by atoms with Crippen LogP contribution in [0.1, 0.15) is 37.8 Å². The number of carbonyl (C=O) groups excluding carboxylic acids is 1. The second kappa shape index (κ2) is 5.64. The molecule has 0 spiro atoms. The molecular formula is C16H22FN3O. The molecule has 2 aliphatic heterocycles. The largest absolute Gasteiger partial charge is 0.368 e. The molecule has 0 bridgehead atoms. The van der Waals surface area contributed by atoms with Gasteiger partial charge >= 0.3 is 0 Å². The first-order chi connectivity index (χ1) is 10.1. The lowest BCUT2D eigenvalue weighted by Gasteiger charge is -2.43. The summed E-state index contributed by atoms with van der Waals surface area (Å²) in [5.41, 5.74) is 7.49. The van der Waals surface area contributed by atoms with Crippen LogP contribution in [0.15, 0.2) is 18.2 Å². The molecule has 4 nitrogen and oxygen atoms in total. The van der Waals surface area contributed by atoms with Gasteiger partial charge in [-0.3, -0.25) is 4.79 Å². The maximum atomic E-state index is 14.3. The Labute approximate surface area is 124 Å². The van der Waals surface area contributed by atoms with E-state index in [1.54, 1.807) is 6.07 Å². The summed E-state index contributed by atoms with van der Waals surface area (Å²) >= 11 is 0. The number of nitrogens with one attached hydrogen (secondary N) is 1. The maximum Gasteiger partial charge on any atom is 0.220 e. The highest BCUT2D eigenvalue weighted by molar-refractivity contribution is 5.77. The number of hydrogen-bond donors (Lipinski definition) is 2. The molecule has 114 valence electrons. The normalized spacial score (nSPS) is 27.0. The first-order valence-corrected chi connectivity index (χ1v) is 7.64. The van der Waals surface area contributed by atoms with Gasteiger partial charge < -0.3 is 16.0 Å². The average Bonchev–Trinajstić information content (AvgIpc) is 2.46. The number of rotatable bonds is 2. The van der Waals surface area contributed by atoms with Gasteiger partial charge in [-0.25, -0.2) is 4.39 Å². The smallest absolute Gasteiger partial charge is 0.220 e. The van der Waals surface area contributed by atoms with Crippen molar-refractivity contribution in [2.45, 2.75) is 38.3 Å². The molecule has 1 aromatic carbocycles. The van der Waals surface area contributed by atoms with Crippen LogP contribution in [0.25, 0.3) is 0 Å². The molecule has 0 radical (unpaired) electrons. The minimum absolute atomic E-state index is 0.145. The van der Waals surface area contributed by atoms with Crippen molar-refractivity contribution in [1.82, 2.24) is 5.32 Å². The molecule has 5 heteroatoms. The van der Waals surface area contributed by atoms with Crippen molar-refractivity contribution in [1.29, 1.82) is 0 Å². The van der Waals surface area contributed by atoms with E-state index >= 15 is 0 Å². The Hall–Kier alpha value is -1.62. The van der Waals surface area contributed by atoms with Crippen LogP contribution in [-0.4, -0.2) is 25.0 Å². The van der Waals surface area contributed by atoms with Gasteiger partial charge in [0.1, 0.15) is 5.82 Å². The SMILES string of the molecule is C[C@@H](N)c1cccc(F)c1N1CCC2NC(=O)CCC2C1. The van der Waals surface area contributed by atoms with Gasteiger partial charge in [0.25, 0.3) is 0 Å². The molecule has 3 N–H and O–H groups in total. The average molecular weight is 291 g/mol. The molecule has 2 heterocycles. The number of nitrogens with two attached hydrogens (primary N) is 1. The third-order valence-corrected chi connectivity index (χ3v) is 4.65. The summed E-state index contributed by atoms with van der Waals surface area (Å²) < 4.78 is 14.3. The summed E-state index contributed by atoms with van der Waals surface area (Å²) in [5, 5.41) is 3.06. The van der Waals surface area contributed by atoms with Crippen LogP contribution < -0.4 is 16.0 Å². The predicted molar refractivity (Wildman–Crippen MR) is 80.5 cm³/mol. The van der Waals surface area contributed by atoms with Gasteiger partial charge in [-0.1, -0.05) is 12.1 Å². The summed E-state index contributed by atoms with van der Waals surface area (Å²) in [7, 11) is 0. The zero-order valence-corrected chi connectivity index (χ0v) is 12.3. The number of carbonyl (C=O) groups is 1. The van der Waals surface area contributed by atoms with Gasteiger partial charge in [0.2, 0.25) is 5.91 Å². The molecule has 0 aromatic heterocycles. The van der Waals surface area contributed by atoms with E-state index in [1.807, 2.05) is 13.0 Å². The lowest BCUT2D eigenvalue weighted by Crippen LogP contribution is -2.54. The number of fused-ring (bicyclic) bond motifs is 1. The Morgan fingerprint density at radius 1 is 1.43 bits per heavy atom. The molecule has 1 aromatic rings. The highest BCUT2D eigenvalue weighted by Crippen LogP contribution is 2.34. The van der Waals surface area contributed by atoms with Gasteiger partial charge in [-0.2, -0.15) is 0 Å². The molecule has 0 saturated carbocycles. The minimum Gasteiger partial charge on any atom is -0.368 e. The van der Waals surface area contributed by atoms with Crippen molar-refractivity contribution in [2.24, 2.45) is 11.7 Å². The number of hydrogen-bond acceptors (Lipinski definition) is 3. The van der Waals surface area contributed by atoms with Gasteiger partial charge in [-0.05, 0) is 37.3 Å². The first-order valence-electron chi connectivity index (χ1n) is 7.64. The molecule has 1 amide bonds. The molecule has 21 heavy (non-hydrogen) atoms. The minimum atomic E-state index is -0.205. The number of para-hydroxylation sites is 1. The quantitative estimate of drug-likeness (QED) is 0.875. The maximum absolute atomic E-state index is 14.3. The van der Waals surface area contributed by atoms with Crippen molar-refractivity contribution >= 4 is 11.6 Å². The Kier molecular flexibility index (Phi) is 3.85. The van der Waals surface area contributed by atoms with Crippen molar-refractivity contribution in [3.63, 3.8) is 0 Å². The van der Waals surface area contributed by atoms with Crippen LogP contribution in [0.2, 0.25) is 0 Å². The third-order valence-electron chi connectivity index (χ3n) is 4.65. The van der Waals surface area contributed by atoms with Crippen LogP contribution in [0.4, 0.5) is 10.1 Å². The number of benzene rings is 1. The van der Waals surface area contributed by atoms with E-state index in [9.17, 15) is 9.18 Å². The van der Waals surface area contributed by atoms with Crippen LogP contribution in [-0.2, 0) is 4.79 Å². The third kappa shape index (κ3) is 2.75. The van der Waals surface area contributed by atoms with Crippen molar-refractivity contribution in [3.05, 3.63) is 29.6 Å². The molecular weight excluding hydrogens is 269 g/mol. The number of halogens is 1. The van der Waals surface area contributed by atoms with E-state index in [1.165, 1.54) is 6.07 Å². The lowest BCUT2D eigenvalue weighted by atomic mass is 9.84. The molecule has 3 rings (SSSR count). The summed E-state index contributed by atoms with van der Waals surface area (Å²) in [5.74, 6) is 0.340. The van der Waals surface area contributed by atoms with Gasteiger partial charge in [0, 0.05) is 31.6 Å². The second-order valence-corrected chi connectivity index (χ2v) is 6.17. The van der Waals surface area contributed by atoms with E-state index in [0.29, 0.717) is 18.0 Å². The molecule has 2 unspecified atom stereocenters. The topological polar surface area (TPSA) is 58.4 Å². The molecule has 2 fully saturated rings. The Bertz CT molecular complexity index is 546. The molecule has 0 aliphatic carbocycles. The lowest BCUT2D eigenvalue weighted by molar-refractivity contribution is -0.124. The van der Waals surface area contributed by atoms with Crippen LogP contribution in [0.5, 0.6) is 0 Å². The van der Waals surface area contributed by atoms with Gasteiger partial charge in [0.05, 0.1) is 5.69 Å². The van der Waals surface area contributed by atoms with Crippen molar-refractivity contribution in [2.75, 3.05) is 18.0 Å². The summed E-state index contributed by atoms with van der Waals surface area (Å²) in [6.07, 6.45) is 2.32. The van der Waals surface area contributed by atoms with E-state index in [2.05, 4.69) is 10.2 Å². The number of anilines is 1. The second-order valence-electron chi connectivity index (χ2n) is 6.17. The zero-order chi connectivity index (χ0) is 15.0. The van der Waals surface area contributed by atoms with Crippen LogP contribution >= 0.6 is 0 Å². The highest BCUT2D eigenvalue weighted by Gasteiger charge is 2.35. The van der Waals surface area contributed by atoms with Crippen molar-refractivity contribution in [3.8, 4) is 0 Å². The van der Waals surface area contributed by atoms with Gasteiger partial charge in [0.15, 0.2) is 0 Å². The summed E-state index contributed by atoms with van der Waals surface area (Å²) in [6.45, 7) is 3.42. The standard InChI is InChI=1S/C16H22FN3O/c1-10(18)12-3-2-4-13(17)16(12)20-8-7-14-11(9-20)5-6-15(21)19-14/h2-4,10-11,14H,5-9,18H2,1H3,(H,19,21)/t10-,11?,14?/m1/s1. The summed E-state index contributed by atoms with van der Waals surface area (Å²) in [6, 6.07) is 5.16. The monoisotopic (exact) mass is 291 g/mol. The Morgan fingerprint density at radius 2 is 2.24 bits per heavy atom. The van der Waals surface area contributed by atoms with Crippen molar-refractivity contribution < 1.29 is 9.18 Å². The Morgan fingerprint density at radius 3 is 3.00 bits per heavy atom. The van der Waals surface area contributed by atoms with Gasteiger partial charge in [-0.15, -0.1) is 0 Å². The fourth-order valence-electron chi connectivity index (χ4n) is 3.55. The number of nitrogens with zero attached hydrogens (tertiary/aromatic N) is 1. The van der Waals surface area contributed by atoms with E-state index in [0.717, 1.165) is 31.5 Å². The summed E-state index contributed by atoms with van der Waals surface area (Å²) in [4.78, 5) is 13.6. The molecule has 2 saturated heterocycles. The first kappa shape index (κ1) is 14.3. The Balaban J connectivity index is 1.84. The predicted octanol–water partition coefficient (Wildman–Crippen LogP) is 1.95. The zero-order valence-electron chi connectivity index (χ0n) is 12.3. The van der Waals surface area contributed by atoms with E-state index < -0.39 is 0 Å². The molecule has 2 aliphatic rings. The molecule has 3 atom stereocenters. The van der Waals surface area contributed by atoms with E-state index in [4.69, 9.17) is 5.73 Å². The number of amides is 1. The number of piperidine rings is 2. The van der Waals surface area contributed by atoms with Crippen LogP contribution in [0, 0.1) is 11.7 Å². The van der Waals surface area contributed by atoms with Crippen LogP contribution in [0.3, 0.4) is 0 Å². The van der Waals surface area contributed by atoms with E-state index in [-0.39, 0.29) is 23.8 Å². The fourth-order valence-corrected chi connectivity index (χ4v) is 3.55. The highest BCUT2D eigenvalue weighted by atomic mass is 19.1. The fraction of sp³-hybridized carbons (Fsp3) is 0.562.